The van der Waals surface area contributed by atoms with E-state index in [1.165, 1.54) is 3.58 Å². The van der Waals surface area contributed by atoms with Crippen LogP contribution in [0.4, 0.5) is 0 Å². The minimum absolute atomic E-state index is 0.0789. The average molecular weight is 280 g/mol. The normalized spacial score (nSPS) is 8.92. The summed E-state index contributed by atoms with van der Waals surface area (Å²) >= 11 is -0.0789. The van der Waals surface area contributed by atoms with Gasteiger partial charge in [-0.3, -0.25) is 0 Å². The van der Waals surface area contributed by atoms with Crippen molar-refractivity contribution in [2.24, 2.45) is 0 Å². The summed E-state index contributed by atoms with van der Waals surface area (Å²) in [6, 6.07) is 14.3. The molecule has 0 unspecified atom stereocenters. The fraction of sp³-hybridized carbons (Fsp3) is 0. The van der Waals surface area contributed by atoms with Crippen LogP contribution in [0.15, 0.2) is 46.5 Å². The molecule has 13 heavy (non-hydrogen) atoms. The van der Waals surface area contributed by atoms with Crippen molar-refractivity contribution in [1.29, 1.82) is 0 Å². The van der Waals surface area contributed by atoms with Crippen molar-refractivity contribution in [3.8, 4) is 11.8 Å². The molecule has 1 heteroatoms. The zero-order valence-electron chi connectivity index (χ0n) is 7.03. The van der Waals surface area contributed by atoms with Crippen LogP contribution >= 0.6 is 0 Å². The molecule has 2 rings (SSSR count). The summed E-state index contributed by atoms with van der Waals surface area (Å²) in [6.07, 6.45) is 0. The van der Waals surface area contributed by atoms with E-state index < -0.39 is 0 Å². The third-order valence-corrected chi connectivity index (χ3v) is 3.87. The number of hydrogen-bond donors (Lipinski definition) is 0. The predicted octanol–water partition coefficient (Wildman–Crippen LogP) is 2.14. The third kappa shape index (κ3) is 2.49. The molecule has 0 aliphatic carbocycles. The molecule has 0 spiro atoms. The van der Waals surface area contributed by atoms with E-state index in [0.717, 1.165) is 5.56 Å². The summed E-state index contributed by atoms with van der Waals surface area (Å²) in [5, 5.41) is 0. The van der Waals surface area contributed by atoms with Crippen LogP contribution in [0.3, 0.4) is 0 Å². The molecule has 1 aromatic heterocycles. The van der Waals surface area contributed by atoms with Crippen LogP contribution in [0.1, 0.15) is 9.14 Å². The molecule has 0 radical (unpaired) electrons. The SMILES string of the molecule is C(#Cc1ccc[te]1)c1ccccc1. The van der Waals surface area contributed by atoms with Crippen molar-refractivity contribution in [3.05, 3.63) is 55.7 Å². The first-order chi connectivity index (χ1) is 6.45. The quantitative estimate of drug-likeness (QED) is 0.512. The fourth-order valence-corrected chi connectivity index (χ4v) is 2.63. The molecule has 0 aliphatic heterocycles. The second-order valence-electron chi connectivity index (χ2n) is 2.59. The third-order valence-electron chi connectivity index (χ3n) is 1.63. The summed E-state index contributed by atoms with van der Waals surface area (Å²) in [5.41, 5.74) is 1.10. The molecule has 1 aromatic carbocycles. The Bertz CT molecular complexity index is 415. The minimum atomic E-state index is -0.0789. The maximum atomic E-state index is 3.20. The number of rotatable bonds is 0. The molecule has 0 aliphatic rings. The Morgan fingerprint density at radius 1 is 0.846 bits per heavy atom. The Morgan fingerprint density at radius 2 is 1.69 bits per heavy atom. The Balaban J connectivity index is 2.23. The molecular weight excluding hydrogens is 272 g/mol. The molecule has 0 bridgehead atoms. The molecule has 0 saturated heterocycles. The Kier molecular flexibility index (Phi) is 2.88. The van der Waals surface area contributed by atoms with E-state index in [4.69, 9.17) is 0 Å². The summed E-state index contributed by atoms with van der Waals surface area (Å²) in [5.74, 6) is 6.37. The molecule has 1 heterocycles. The van der Waals surface area contributed by atoms with Crippen molar-refractivity contribution in [1.82, 2.24) is 0 Å². The van der Waals surface area contributed by atoms with Gasteiger partial charge in [-0.15, -0.1) is 0 Å². The van der Waals surface area contributed by atoms with Crippen LogP contribution in [0, 0.1) is 11.8 Å². The molecular formula is C12H8Te. The van der Waals surface area contributed by atoms with E-state index in [0.29, 0.717) is 0 Å². The van der Waals surface area contributed by atoms with Crippen LogP contribution in [0.25, 0.3) is 0 Å². The van der Waals surface area contributed by atoms with Gasteiger partial charge in [-0.25, -0.2) is 0 Å². The van der Waals surface area contributed by atoms with Crippen LogP contribution in [0.5, 0.6) is 0 Å². The van der Waals surface area contributed by atoms with Gasteiger partial charge in [0, 0.05) is 0 Å². The summed E-state index contributed by atoms with van der Waals surface area (Å²) in [7, 11) is 0. The van der Waals surface area contributed by atoms with Crippen molar-refractivity contribution >= 4 is 20.4 Å². The van der Waals surface area contributed by atoms with Crippen LogP contribution in [-0.4, -0.2) is 20.4 Å². The average Bonchev–Trinajstić information content (AvgIpc) is 2.69. The van der Waals surface area contributed by atoms with Gasteiger partial charge >= 0.3 is 88.0 Å². The molecule has 0 atom stereocenters. The van der Waals surface area contributed by atoms with Gasteiger partial charge in [0.1, 0.15) is 0 Å². The topological polar surface area (TPSA) is 0 Å². The van der Waals surface area contributed by atoms with E-state index in [-0.39, 0.29) is 20.4 Å². The summed E-state index contributed by atoms with van der Waals surface area (Å²) in [4.78, 5) is 0. The molecule has 0 nitrogen and oxygen atoms in total. The number of hydrogen-bond acceptors (Lipinski definition) is 0. The second kappa shape index (κ2) is 4.33. The van der Waals surface area contributed by atoms with Crippen molar-refractivity contribution < 1.29 is 0 Å². The first kappa shape index (κ1) is 8.64. The Hall–Kier alpha value is -0.950. The molecule has 0 N–H and O–H groups in total. The van der Waals surface area contributed by atoms with Crippen molar-refractivity contribution in [2.45, 2.75) is 0 Å². The van der Waals surface area contributed by atoms with Gasteiger partial charge in [0.2, 0.25) is 0 Å². The molecule has 62 valence electrons. The zero-order chi connectivity index (χ0) is 8.93. The first-order valence-corrected chi connectivity index (χ1v) is 6.57. The molecule has 0 fully saturated rings. The van der Waals surface area contributed by atoms with Crippen LogP contribution in [-0.2, 0) is 0 Å². The number of benzene rings is 1. The second-order valence-corrected chi connectivity index (χ2v) is 5.30. The maximum absolute atomic E-state index is 3.20. The predicted molar refractivity (Wildman–Crippen MR) is 55.8 cm³/mol. The van der Waals surface area contributed by atoms with Crippen molar-refractivity contribution in [3.63, 3.8) is 0 Å². The zero-order valence-corrected chi connectivity index (χ0v) is 9.36. The molecule has 2 aromatic rings. The Labute approximate surface area is 87.8 Å². The fourth-order valence-electron chi connectivity index (χ4n) is 1.00. The van der Waals surface area contributed by atoms with Gasteiger partial charge in [-0.05, 0) is 0 Å². The standard InChI is InChI=1S/C12H8Te/c1-2-5-11(6-3-1)8-9-12-7-4-10-13-12/h1-7,10H. The van der Waals surface area contributed by atoms with Gasteiger partial charge in [-0.2, -0.15) is 0 Å². The van der Waals surface area contributed by atoms with Gasteiger partial charge in [0.15, 0.2) is 0 Å². The molecule has 0 saturated carbocycles. The van der Waals surface area contributed by atoms with Crippen LogP contribution in [0.2, 0.25) is 0 Å². The van der Waals surface area contributed by atoms with E-state index in [9.17, 15) is 0 Å². The van der Waals surface area contributed by atoms with Gasteiger partial charge in [0.25, 0.3) is 0 Å². The van der Waals surface area contributed by atoms with E-state index in [1.807, 2.05) is 30.3 Å². The summed E-state index contributed by atoms with van der Waals surface area (Å²) in [6.45, 7) is 0. The van der Waals surface area contributed by atoms with Crippen molar-refractivity contribution in [2.75, 3.05) is 0 Å². The first-order valence-electron chi connectivity index (χ1n) is 4.06. The Morgan fingerprint density at radius 3 is 2.38 bits per heavy atom. The van der Waals surface area contributed by atoms with Gasteiger partial charge < -0.3 is 0 Å². The monoisotopic (exact) mass is 282 g/mol. The van der Waals surface area contributed by atoms with E-state index >= 15 is 0 Å². The van der Waals surface area contributed by atoms with E-state index in [1.54, 1.807) is 0 Å². The van der Waals surface area contributed by atoms with E-state index in [2.05, 4.69) is 28.1 Å². The van der Waals surface area contributed by atoms with Crippen LogP contribution < -0.4 is 0 Å². The van der Waals surface area contributed by atoms with Gasteiger partial charge in [-0.1, -0.05) is 0 Å². The molecule has 0 amide bonds. The van der Waals surface area contributed by atoms with Gasteiger partial charge in [0.05, 0.1) is 0 Å². The summed E-state index contributed by atoms with van der Waals surface area (Å²) < 4.78 is 3.58.